The van der Waals surface area contributed by atoms with Crippen molar-refractivity contribution in [3.63, 3.8) is 0 Å². The number of rotatable bonds is 3. The SMILES string of the molecule is C/C(=N/OC=O)c1cccc(C)c1. The van der Waals surface area contributed by atoms with Crippen LogP contribution in [0.3, 0.4) is 0 Å². The lowest BCUT2D eigenvalue weighted by Crippen LogP contribution is -1.95. The van der Waals surface area contributed by atoms with Crippen LogP contribution in [0.15, 0.2) is 29.4 Å². The van der Waals surface area contributed by atoms with Gasteiger partial charge in [0.25, 0.3) is 0 Å². The fourth-order valence-electron chi connectivity index (χ4n) is 1.02. The lowest BCUT2D eigenvalue weighted by Gasteiger charge is -1.99. The first-order chi connectivity index (χ1) is 6.24. The van der Waals surface area contributed by atoms with Crippen molar-refractivity contribution in [1.82, 2.24) is 0 Å². The van der Waals surface area contributed by atoms with Gasteiger partial charge in [-0.15, -0.1) is 0 Å². The highest BCUT2D eigenvalue weighted by atomic mass is 16.7. The molecule has 0 bridgehead atoms. The van der Waals surface area contributed by atoms with E-state index in [2.05, 4.69) is 9.99 Å². The van der Waals surface area contributed by atoms with E-state index in [1.54, 1.807) is 6.92 Å². The molecular weight excluding hydrogens is 166 g/mol. The van der Waals surface area contributed by atoms with Crippen LogP contribution >= 0.6 is 0 Å². The van der Waals surface area contributed by atoms with Crippen LogP contribution in [0.25, 0.3) is 0 Å². The molecule has 0 spiro atoms. The molecule has 0 radical (unpaired) electrons. The van der Waals surface area contributed by atoms with Gasteiger partial charge >= 0.3 is 6.47 Å². The quantitative estimate of drug-likeness (QED) is 0.306. The Labute approximate surface area is 77.0 Å². The van der Waals surface area contributed by atoms with Gasteiger partial charge in [0.15, 0.2) is 0 Å². The average Bonchev–Trinajstić information content (AvgIpc) is 2.14. The average molecular weight is 177 g/mol. The maximum Gasteiger partial charge on any atom is 0.323 e. The van der Waals surface area contributed by atoms with E-state index in [9.17, 15) is 4.79 Å². The third-order valence-corrected chi connectivity index (χ3v) is 1.67. The summed E-state index contributed by atoms with van der Waals surface area (Å²) in [5, 5.41) is 3.60. The van der Waals surface area contributed by atoms with Crippen LogP contribution in [0.4, 0.5) is 0 Å². The van der Waals surface area contributed by atoms with Crippen LogP contribution in [0.1, 0.15) is 18.1 Å². The van der Waals surface area contributed by atoms with Crippen molar-refractivity contribution < 1.29 is 9.63 Å². The summed E-state index contributed by atoms with van der Waals surface area (Å²) in [7, 11) is 0. The van der Waals surface area contributed by atoms with E-state index in [4.69, 9.17) is 0 Å². The van der Waals surface area contributed by atoms with E-state index in [-0.39, 0.29) is 0 Å². The van der Waals surface area contributed by atoms with Gasteiger partial charge in [0, 0.05) is 0 Å². The van der Waals surface area contributed by atoms with Crippen molar-refractivity contribution in [3.8, 4) is 0 Å². The van der Waals surface area contributed by atoms with Crippen molar-refractivity contribution in [2.45, 2.75) is 13.8 Å². The first-order valence-electron chi connectivity index (χ1n) is 3.95. The van der Waals surface area contributed by atoms with Gasteiger partial charge in [-0.05, 0) is 19.4 Å². The molecule has 1 aromatic carbocycles. The lowest BCUT2D eigenvalue weighted by atomic mass is 10.1. The van der Waals surface area contributed by atoms with E-state index in [1.165, 1.54) is 0 Å². The van der Waals surface area contributed by atoms with Gasteiger partial charge in [0.05, 0.1) is 5.71 Å². The molecule has 0 unspecified atom stereocenters. The zero-order valence-corrected chi connectivity index (χ0v) is 7.65. The molecule has 1 rings (SSSR count). The predicted octanol–water partition coefficient (Wildman–Crippen LogP) is 1.89. The summed E-state index contributed by atoms with van der Waals surface area (Å²) < 4.78 is 0. The molecule has 3 nitrogen and oxygen atoms in total. The summed E-state index contributed by atoms with van der Waals surface area (Å²) in [6.45, 7) is 4.09. The van der Waals surface area contributed by atoms with E-state index >= 15 is 0 Å². The smallest absolute Gasteiger partial charge is 0.321 e. The number of hydrogen-bond acceptors (Lipinski definition) is 3. The predicted molar refractivity (Wildman–Crippen MR) is 50.5 cm³/mol. The normalized spacial score (nSPS) is 11.1. The first-order valence-corrected chi connectivity index (χ1v) is 3.95. The largest absolute Gasteiger partial charge is 0.323 e. The zero-order chi connectivity index (χ0) is 9.68. The highest BCUT2D eigenvalue weighted by molar-refractivity contribution is 5.98. The van der Waals surface area contributed by atoms with Crippen LogP contribution in [-0.2, 0) is 9.63 Å². The molecule has 0 amide bonds. The minimum atomic E-state index is 0.305. The Morgan fingerprint density at radius 1 is 1.54 bits per heavy atom. The molecule has 0 saturated carbocycles. The van der Waals surface area contributed by atoms with Gasteiger partial charge in [0.1, 0.15) is 0 Å². The molecule has 1 aromatic rings. The molecular formula is C10H11NO2. The topological polar surface area (TPSA) is 38.7 Å². The summed E-state index contributed by atoms with van der Waals surface area (Å²) in [5.41, 5.74) is 2.80. The Kier molecular flexibility index (Phi) is 3.20. The number of carbonyl (C=O) groups is 1. The Morgan fingerprint density at radius 2 is 2.31 bits per heavy atom. The monoisotopic (exact) mass is 177 g/mol. The van der Waals surface area contributed by atoms with Crippen molar-refractivity contribution in [2.24, 2.45) is 5.16 Å². The third-order valence-electron chi connectivity index (χ3n) is 1.67. The molecule has 68 valence electrons. The molecule has 0 aliphatic rings. The summed E-state index contributed by atoms with van der Waals surface area (Å²) >= 11 is 0. The number of carbonyl (C=O) groups excluding carboxylic acids is 1. The molecule has 0 aliphatic heterocycles. The number of nitrogens with zero attached hydrogens (tertiary/aromatic N) is 1. The minimum Gasteiger partial charge on any atom is -0.321 e. The third kappa shape index (κ3) is 2.71. The number of hydrogen-bond donors (Lipinski definition) is 0. The van der Waals surface area contributed by atoms with Gasteiger partial charge in [-0.3, -0.25) is 4.79 Å². The van der Waals surface area contributed by atoms with Crippen LogP contribution in [0.5, 0.6) is 0 Å². The Bertz CT molecular complexity index is 331. The number of benzene rings is 1. The van der Waals surface area contributed by atoms with Crippen molar-refractivity contribution in [3.05, 3.63) is 35.4 Å². The summed E-state index contributed by atoms with van der Waals surface area (Å²) in [4.78, 5) is 14.2. The summed E-state index contributed by atoms with van der Waals surface area (Å²) in [5.74, 6) is 0. The van der Waals surface area contributed by atoms with Gasteiger partial charge in [-0.1, -0.05) is 35.0 Å². The van der Waals surface area contributed by atoms with Crippen molar-refractivity contribution in [1.29, 1.82) is 0 Å². The van der Waals surface area contributed by atoms with Gasteiger partial charge in [0.2, 0.25) is 0 Å². The maximum atomic E-state index is 9.88. The van der Waals surface area contributed by atoms with E-state index in [0.29, 0.717) is 12.2 Å². The second kappa shape index (κ2) is 4.40. The Hall–Kier alpha value is -1.64. The molecule has 0 heterocycles. The number of oxime groups is 1. The van der Waals surface area contributed by atoms with Crippen LogP contribution in [-0.4, -0.2) is 12.2 Å². The zero-order valence-electron chi connectivity index (χ0n) is 7.65. The van der Waals surface area contributed by atoms with E-state index in [1.807, 2.05) is 31.2 Å². The van der Waals surface area contributed by atoms with Crippen molar-refractivity contribution >= 4 is 12.2 Å². The molecule has 0 saturated heterocycles. The van der Waals surface area contributed by atoms with Crippen LogP contribution < -0.4 is 0 Å². The fraction of sp³-hybridized carbons (Fsp3) is 0.200. The molecule has 0 fully saturated rings. The van der Waals surface area contributed by atoms with Gasteiger partial charge in [-0.2, -0.15) is 0 Å². The van der Waals surface area contributed by atoms with Gasteiger partial charge in [-0.25, -0.2) is 0 Å². The Balaban J connectivity index is 2.88. The standard InChI is InChI=1S/C10H11NO2/c1-8-4-3-5-10(6-8)9(2)11-13-7-12/h3-7H,1-2H3/b11-9-. The van der Waals surface area contributed by atoms with E-state index in [0.717, 1.165) is 11.1 Å². The van der Waals surface area contributed by atoms with Gasteiger partial charge < -0.3 is 4.84 Å². The molecule has 0 N–H and O–H groups in total. The Morgan fingerprint density at radius 3 is 2.92 bits per heavy atom. The van der Waals surface area contributed by atoms with E-state index < -0.39 is 0 Å². The summed E-state index contributed by atoms with van der Waals surface area (Å²) in [6, 6.07) is 7.83. The molecule has 3 heteroatoms. The molecule has 0 aliphatic carbocycles. The minimum absolute atomic E-state index is 0.305. The second-order valence-corrected chi connectivity index (χ2v) is 2.75. The fourth-order valence-corrected chi connectivity index (χ4v) is 1.02. The summed E-state index contributed by atoms with van der Waals surface area (Å²) in [6.07, 6.45) is 0. The highest BCUT2D eigenvalue weighted by Crippen LogP contribution is 2.05. The maximum absolute atomic E-state index is 9.88. The molecule has 0 aromatic heterocycles. The lowest BCUT2D eigenvalue weighted by molar-refractivity contribution is -0.128. The first kappa shape index (κ1) is 9.45. The van der Waals surface area contributed by atoms with Crippen LogP contribution in [0.2, 0.25) is 0 Å². The number of aryl methyl sites for hydroxylation is 1. The highest BCUT2D eigenvalue weighted by Gasteiger charge is 1.96. The second-order valence-electron chi connectivity index (χ2n) is 2.75. The van der Waals surface area contributed by atoms with Crippen molar-refractivity contribution in [2.75, 3.05) is 0 Å². The molecule has 0 atom stereocenters. The van der Waals surface area contributed by atoms with Crippen LogP contribution in [0, 0.1) is 6.92 Å². The molecule has 13 heavy (non-hydrogen) atoms.